The van der Waals surface area contributed by atoms with E-state index in [0.717, 1.165) is 12.8 Å². The number of amides is 1. The van der Waals surface area contributed by atoms with E-state index in [1.165, 1.54) is 6.42 Å². The van der Waals surface area contributed by atoms with Gasteiger partial charge in [0.25, 0.3) is 5.91 Å². The minimum Gasteiger partial charge on any atom is -0.350 e. The molecule has 0 bridgehead atoms. The molecular weight excluding hydrogens is 274 g/mol. The van der Waals surface area contributed by atoms with Crippen molar-refractivity contribution in [1.29, 1.82) is 0 Å². The number of nitrogens with one attached hydrogen (secondary N) is 2. The van der Waals surface area contributed by atoms with Gasteiger partial charge < -0.3 is 10.7 Å². The van der Waals surface area contributed by atoms with Gasteiger partial charge in [0.1, 0.15) is 0 Å². The third-order valence-corrected chi connectivity index (χ3v) is 3.41. The summed E-state index contributed by atoms with van der Waals surface area (Å²) in [4.78, 5) is 12.2. The van der Waals surface area contributed by atoms with E-state index in [0.29, 0.717) is 22.2 Å². The number of carbonyl (C=O) groups excluding carboxylic acids is 1. The van der Waals surface area contributed by atoms with Crippen LogP contribution in [0, 0.1) is 5.92 Å². The van der Waals surface area contributed by atoms with E-state index in [9.17, 15) is 4.79 Å². The molecule has 5 heteroatoms. The molecule has 0 saturated heterocycles. The lowest BCUT2D eigenvalue weighted by atomic mass is 10.0. The first kappa shape index (κ1) is 16.8. The van der Waals surface area contributed by atoms with Crippen LogP contribution < -0.4 is 16.6 Å². The van der Waals surface area contributed by atoms with Crippen molar-refractivity contribution in [3.8, 4) is 0 Å². The second-order valence-corrected chi connectivity index (χ2v) is 5.97. The largest absolute Gasteiger partial charge is 0.350 e. The molecule has 1 unspecified atom stereocenters. The Morgan fingerprint density at radius 3 is 2.60 bits per heavy atom. The summed E-state index contributed by atoms with van der Waals surface area (Å²) in [5.74, 6) is 5.95. The first-order chi connectivity index (χ1) is 9.43. The van der Waals surface area contributed by atoms with Gasteiger partial charge in [-0.2, -0.15) is 0 Å². The van der Waals surface area contributed by atoms with Crippen LogP contribution in [0.15, 0.2) is 18.2 Å². The predicted octanol–water partition coefficient (Wildman–Crippen LogP) is 3.57. The highest BCUT2D eigenvalue weighted by atomic mass is 35.5. The summed E-state index contributed by atoms with van der Waals surface area (Å²) >= 11 is 5.92. The Morgan fingerprint density at radius 2 is 2.00 bits per heavy atom. The molecule has 0 aliphatic rings. The Balaban J connectivity index is 2.59. The monoisotopic (exact) mass is 297 g/mol. The summed E-state index contributed by atoms with van der Waals surface area (Å²) in [6, 6.07) is 5.14. The Labute approximate surface area is 126 Å². The number of hydrogen-bond donors (Lipinski definition) is 3. The number of benzene rings is 1. The fraction of sp³-hybridized carbons (Fsp3) is 0.533. The zero-order chi connectivity index (χ0) is 15.1. The maximum absolute atomic E-state index is 12.2. The van der Waals surface area contributed by atoms with Crippen LogP contribution in [0.3, 0.4) is 0 Å². The average molecular weight is 298 g/mol. The number of halogens is 1. The van der Waals surface area contributed by atoms with Gasteiger partial charge in [-0.15, -0.1) is 0 Å². The van der Waals surface area contributed by atoms with Gasteiger partial charge in [0.15, 0.2) is 0 Å². The number of rotatable bonds is 7. The third kappa shape index (κ3) is 5.39. The van der Waals surface area contributed by atoms with Crippen LogP contribution in [0.5, 0.6) is 0 Å². The SMILES string of the molecule is CC(C)CCCC(C)NC(=O)c1cc(Cl)ccc1NN. The molecular formula is C15H24ClN3O. The highest BCUT2D eigenvalue weighted by Gasteiger charge is 2.14. The topological polar surface area (TPSA) is 67.2 Å². The van der Waals surface area contributed by atoms with Gasteiger partial charge in [0.2, 0.25) is 0 Å². The second-order valence-electron chi connectivity index (χ2n) is 5.53. The predicted molar refractivity (Wildman–Crippen MR) is 84.9 cm³/mol. The van der Waals surface area contributed by atoms with Crippen molar-refractivity contribution in [2.75, 3.05) is 5.43 Å². The van der Waals surface area contributed by atoms with Crippen LogP contribution in [0.2, 0.25) is 5.02 Å². The molecule has 1 aromatic rings. The normalized spacial score (nSPS) is 12.3. The fourth-order valence-electron chi connectivity index (χ4n) is 2.04. The fourth-order valence-corrected chi connectivity index (χ4v) is 2.21. The van der Waals surface area contributed by atoms with Gasteiger partial charge in [-0.3, -0.25) is 10.6 Å². The van der Waals surface area contributed by atoms with Crippen LogP contribution in [-0.2, 0) is 0 Å². The van der Waals surface area contributed by atoms with Gasteiger partial charge in [-0.25, -0.2) is 0 Å². The van der Waals surface area contributed by atoms with Crippen molar-refractivity contribution in [2.24, 2.45) is 11.8 Å². The summed E-state index contributed by atoms with van der Waals surface area (Å²) in [6.45, 7) is 6.42. The molecule has 1 rings (SSSR count). The minimum absolute atomic E-state index is 0.130. The molecule has 1 aromatic carbocycles. The quantitative estimate of drug-likeness (QED) is 0.532. The maximum atomic E-state index is 12.2. The summed E-state index contributed by atoms with van der Waals surface area (Å²) in [5, 5.41) is 3.49. The van der Waals surface area contributed by atoms with E-state index in [1.54, 1.807) is 18.2 Å². The summed E-state index contributed by atoms with van der Waals surface area (Å²) in [5.41, 5.74) is 3.55. The van der Waals surface area contributed by atoms with Crippen molar-refractivity contribution < 1.29 is 4.79 Å². The third-order valence-electron chi connectivity index (χ3n) is 3.18. The second kappa shape index (κ2) is 8.12. The van der Waals surface area contributed by atoms with Crippen LogP contribution in [0.1, 0.15) is 50.4 Å². The lowest BCUT2D eigenvalue weighted by Crippen LogP contribution is -2.33. The standard InChI is InChI=1S/C15H24ClN3O/c1-10(2)5-4-6-11(3)18-15(20)13-9-12(16)7-8-14(13)19-17/h7-11,19H,4-6,17H2,1-3H3,(H,18,20). The van der Waals surface area contributed by atoms with Crippen molar-refractivity contribution in [3.63, 3.8) is 0 Å². The molecule has 4 nitrogen and oxygen atoms in total. The van der Waals surface area contributed by atoms with Crippen LogP contribution in [0.25, 0.3) is 0 Å². The molecule has 0 aliphatic carbocycles. The van der Waals surface area contributed by atoms with Crippen molar-refractivity contribution >= 4 is 23.2 Å². The molecule has 0 spiro atoms. The smallest absolute Gasteiger partial charge is 0.253 e. The highest BCUT2D eigenvalue weighted by molar-refractivity contribution is 6.31. The van der Waals surface area contributed by atoms with Crippen LogP contribution in [0.4, 0.5) is 5.69 Å². The summed E-state index contributed by atoms with van der Waals surface area (Å²) in [6.07, 6.45) is 3.25. The highest BCUT2D eigenvalue weighted by Crippen LogP contribution is 2.20. The van der Waals surface area contributed by atoms with Crippen molar-refractivity contribution in [3.05, 3.63) is 28.8 Å². The Morgan fingerprint density at radius 1 is 1.30 bits per heavy atom. The molecule has 0 aliphatic heterocycles. The lowest BCUT2D eigenvalue weighted by molar-refractivity contribution is 0.0938. The maximum Gasteiger partial charge on any atom is 0.253 e. The molecule has 1 atom stereocenters. The van der Waals surface area contributed by atoms with Crippen LogP contribution in [-0.4, -0.2) is 11.9 Å². The van der Waals surface area contributed by atoms with E-state index in [2.05, 4.69) is 24.6 Å². The molecule has 112 valence electrons. The molecule has 4 N–H and O–H groups in total. The van der Waals surface area contributed by atoms with Crippen LogP contribution >= 0.6 is 11.6 Å². The Kier molecular flexibility index (Phi) is 6.82. The molecule has 0 fully saturated rings. The number of nitrogen functional groups attached to an aromatic ring is 1. The molecule has 0 aromatic heterocycles. The summed E-state index contributed by atoms with van der Waals surface area (Å²) in [7, 11) is 0. The number of hydrogen-bond acceptors (Lipinski definition) is 3. The van der Waals surface area contributed by atoms with Crippen molar-refractivity contribution in [2.45, 2.75) is 46.1 Å². The van der Waals surface area contributed by atoms with E-state index in [-0.39, 0.29) is 11.9 Å². The van der Waals surface area contributed by atoms with Crippen molar-refractivity contribution in [1.82, 2.24) is 5.32 Å². The zero-order valence-electron chi connectivity index (χ0n) is 12.4. The van der Waals surface area contributed by atoms with Gasteiger partial charge in [-0.05, 0) is 37.5 Å². The zero-order valence-corrected chi connectivity index (χ0v) is 13.1. The molecule has 1 amide bonds. The molecule has 0 radical (unpaired) electrons. The molecule has 0 saturated carbocycles. The number of carbonyl (C=O) groups is 1. The molecule has 0 heterocycles. The Hall–Kier alpha value is -1.26. The average Bonchev–Trinajstić information content (AvgIpc) is 2.38. The Bertz CT molecular complexity index is 449. The van der Waals surface area contributed by atoms with Gasteiger partial charge >= 0.3 is 0 Å². The van der Waals surface area contributed by atoms with E-state index < -0.39 is 0 Å². The number of anilines is 1. The number of nitrogens with two attached hydrogens (primary N) is 1. The van der Waals surface area contributed by atoms with Gasteiger partial charge in [0, 0.05) is 11.1 Å². The summed E-state index contributed by atoms with van der Waals surface area (Å²) < 4.78 is 0. The van der Waals surface area contributed by atoms with E-state index in [4.69, 9.17) is 17.4 Å². The van der Waals surface area contributed by atoms with E-state index >= 15 is 0 Å². The minimum atomic E-state index is -0.155. The van der Waals surface area contributed by atoms with E-state index in [1.807, 2.05) is 6.92 Å². The van der Waals surface area contributed by atoms with Gasteiger partial charge in [0.05, 0.1) is 11.3 Å². The lowest BCUT2D eigenvalue weighted by Gasteiger charge is -2.16. The molecule has 20 heavy (non-hydrogen) atoms. The van der Waals surface area contributed by atoms with Gasteiger partial charge in [-0.1, -0.05) is 38.3 Å². The first-order valence-electron chi connectivity index (χ1n) is 7.01. The number of hydrazine groups is 1. The first-order valence-corrected chi connectivity index (χ1v) is 7.39.